The van der Waals surface area contributed by atoms with Gasteiger partial charge in [0.2, 0.25) is 0 Å². The van der Waals surface area contributed by atoms with Crippen molar-refractivity contribution in [3.05, 3.63) is 64.1 Å². The van der Waals surface area contributed by atoms with E-state index in [0.717, 1.165) is 5.56 Å². The Hall–Kier alpha value is -1.23. The van der Waals surface area contributed by atoms with Crippen molar-refractivity contribution in [2.75, 3.05) is 12.0 Å². The first-order valence-corrected chi connectivity index (χ1v) is 9.00. The molecule has 0 radical (unpaired) electrons. The Morgan fingerprint density at radius 2 is 1.43 bits per heavy atom. The lowest BCUT2D eigenvalue weighted by Crippen LogP contribution is -2.18. The van der Waals surface area contributed by atoms with Crippen LogP contribution in [0.2, 0.25) is 10.0 Å². The van der Waals surface area contributed by atoms with Gasteiger partial charge in [0.15, 0.2) is 9.84 Å². The number of benzene rings is 2. The van der Waals surface area contributed by atoms with E-state index in [1.807, 2.05) is 0 Å². The number of ether oxygens (including phenoxy) is 1. The maximum Gasteiger partial charge on any atom is 0.151 e. The Balaban J connectivity index is 2.27. The summed E-state index contributed by atoms with van der Waals surface area (Å²) >= 11 is 11.7. The first kappa shape index (κ1) is 16.1. The van der Waals surface area contributed by atoms with Crippen LogP contribution in [0.25, 0.3) is 0 Å². The number of halogens is 2. The molecule has 2 rings (SSSR count). The van der Waals surface area contributed by atoms with Gasteiger partial charge in [0.25, 0.3) is 0 Å². The quantitative estimate of drug-likeness (QED) is 0.817. The van der Waals surface area contributed by atoms with E-state index in [1.54, 1.807) is 48.5 Å². The fraction of sp³-hybridized carbons (Fsp3) is 0.200. The lowest BCUT2D eigenvalue weighted by atomic mass is 10.1. The Bertz CT molecular complexity index is 695. The maximum atomic E-state index is 11.6. The molecule has 1 atom stereocenters. The lowest BCUT2D eigenvalue weighted by Gasteiger charge is -2.19. The third-order valence-electron chi connectivity index (χ3n) is 2.79. The molecule has 0 spiro atoms. The van der Waals surface area contributed by atoms with Gasteiger partial charge in [-0.05, 0) is 42.0 Å². The Morgan fingerprint density at radius 1 is 0.952 bits per heavy atom. The van der Waals surface area contributed by atoms with E-state index in [0.29, 0.717) is 15.8 Å². The molecule has 2 aromatic rings. The fourth-order valence-electron chi connectivity index (χ4n) is 1.83. The summed E-state index contributed by atoms with van der Waals surface area (Å²) in [5.41, 5.74) is 0.750. The van der Waals surface area contributed by atoms with Gasteiger partial charge in [0.05, 0.1) is 5.75 Å². The van der Waals surface area contributed by atoms with E-state index in [2.05, 4.69) is 0 Å². The molecular formula is C15H14Cl2O3S. The van der Waals surface area contributed by atoms with Gasteiger partial charge in [-0.1, -0.05) is 35.3 Å². The first-order valence-electron chi connectivity index (χ1n) is 6.19. The van der Waals surface area contributed by atoms with Crippen LogP contribution in [-0.4, -0.2) is 20.4 Å². The molecule has 21 heavy (non-hydrogen) atoms. The molecule has 0 aromatic heterocycles. The Morgan fingerprint density at radius 3 is 1.90 bits per heavy atom. The summed E-state index contributed by atoms with van der Waals surface area (Å²) < 4.78 is 29.0. The second kappa shape index (κ2) is 6.69. The molecule has 0 aliphatic carbocycles. The fourth-order valence-corrected chi connectivity index (χ4v) is 2.89. The smallest absolute Gasteiger partial charge is 0.151 e. The van der Waals surface area contributed by atoms with Crippen molar-refractivity contribution in [2.24, 2.45) is 0 Å². The van der Waals surface area contributed by atoms with Crippen LogP contribution in [0.15, 0.2) is 48.5 Å². The molecule has 0 aliphatic rings. The minimum Gasteiger partial charge on any atom is -0.485 e. The molecule has 0 saturated heterocycles. The predicted molar refractivity (Wildman–Crippen MR) is 86.0 cm³/mol. The molecule has 3 nitrogen and oxygen atoms in total. The van der Waals surface area contributed by atoms with Crippen molar-refractivity contribution in [3.63, 3.8) is 0 Å². The van der Waals surface area contributed by atoms with Crippen LogP contribution >= 0.6 is 23.2 Å². The molecule has 0 bridgehead atoms. The molecule has 2 aromatic carbocycles. The zero-order chi connectivity index (χ0) is 15.5. The van der Waals surface area contributed by atoms with Crippen molar-refractivity contribution >= 4 is 33.0 Å². The molecule has 0 aliphatic heterocycles. The third-order valence-corrected chi connectivity index (χ3v) is 4.20. The molecule has 6 heteroatoms. The summed E-state index contributed by atoms with van der Waals surface area (Å²) in [6, 6.07) is 13.7. The van der Waals surface area contributed by atoms with E-state index in [9.17, 15) is 8.42 Å². The van der Waals surface area contributed by atoms with Crippen LogP contribution < -0.4 is 4.74 Å². The monoisotopic (exact) mass is 344 g/mol. The van der Waals surface area contributed by atoms with Crippen LogP contribution in [0, 0.1) is 0 Å². The van der Waals surface area contributed by atoms with Crippen LogP contribution in [0.4, 0.5) is 0 Å². The highest BCUT2D eigenvalue weighted by molar-refractivity contribution is 7.90. The maximum absolute atomic E-state index is 11.6. The summed E-state index contributed by atoms with van der Waals surface area (Å²) in [5.74, 6) is 0.445. The number of sulfone groups is 1. The van der Waals surface area contributed by atoms with E-state index >= 15 is 0 Å². The van der Waals surface area contributed by atoms with Crippen molar-refractivity contribution in [2.45, 2.75) is 6.10 Å². The van der Waals surface area contributed by atoms with Gasteiger partial charge in [-0.25, -0.2) is 8.42 Å². The largest absolute Gasteiger partial charge is 0.485 e. The van der Waals surface area contributed by atoms with Crippen molar-refractivity contribution in [1.29, 1.82) is 0 Å². The van der Waals surface area contributed by atoms with Gasteiger partial charge in [0, 0.05) is 16.3 Å². The zero-order valence-corrected chi connectivity index (χ0v) is 13.6. The molecule has 0 heterocycles. The predicted octanol–water partition coefficient (Wildman–Crippen LogP) is 4.16. The van der Waals surface area contributed by atoms with Gasteiger partial charge in [-0.15, -0.1) is 0 Å². The van der Waals surface area contributed by atoms with E-state index in [1.165, 1.54) is 6.26 Å². The van der Waals surface area contributed by atoms with Crippen molar-refractivity contribution in [1.82, 2.24) is 0 Å². The van der Waals surface area contributed by atoms with Gasteiger partial charge in [0.1, 0.15) is 11.9 Å². The van der Waals surface area contributed by atoms with Crippen molar-refractivity contribution < 1.29 is 13.2 Å². The van der Waals surface area contributed by atoms with Crippen molar-refractivity contribution in [3.8, 4) is 5.75 Å². The first-order chi connectivity index (χ1) is 9.83. The average molecular weight is 345 g/mol. The van der Waals surface area contributed by atoms with Gasteiger partial charge in [-0.2, -0.15) is 0 Å². The standard InChI is InChI=1S/C15H14Cl2O3S/c1-21(18,19)10-15(11-2-4-12(16)5-3-11)20-14-8-6-13(17)7-9-14/h2-9,15H,10H2,1H3. The molecule has 0 N–H and O–H groups in total. The number of hydrogen-bond acceptors (Lipinski definition) is 3. The third kappa shape index (κ3) is 5.23. The SMILES string of the molecule is CS(=O)(=O)CC(Oc1ccc(Cl)cc1)c1ccc(Cl)cc1. The highest BCUT2D eigenvalue weighted by Gasteiger charge is 2.19. The Kier molecular flexibility index (Phi) is 5.14. The summed E-state index contributed by atoms with van der Waals surface area (Å²) in [6.07, 6.45) is 0.583. The van der Waals surface area contributed by atoms with Crippen LogP contribution in [0.5, 0.6) is 5.75 Å². The average Bonchev–Trinajstić information content (AvgIpc) is 2.40. The highest BCUT2D eigenvalue weighted by Crippen LogP contribution is 2.25. The van der Waals surface area contributed by atoms with Gasteiger partial charge in [-0.3, -0.25) is 0 Å². The minimum atomic E-state index is -3.19. The molecule has 1 unspecified atom stereocenters. The molecule has 0 amide bonds. The normalized spacial score (nSPS) is 12.9. The zero-order valence-electron chi connectivity index (χ0n) is 11.3. The number of rotatable bonds is 5. The number of hydrogen-bond donors (Lipinski definition) is 0. The van der Waals surface area contributed by atoms with Gasteiger partial charge >= 0.3 is 0 Å². The van der Waals surface area contributed by atoms with Crippen LogP contribution in [0.1, 0.15) is 11.7 Å². The minimum absolute atomic E-state index is 0.114. The molecular weight excluding hydrogens is 331 g/mol. The molecule has 0 saturated carbocycles. The molecule has 112 valence electrons. The Labute approximate surface area is 134 Å². The van der Waals surface area contributed by atoms with Crippen LogP contribution in [0.3, 0.4) is 0 Å². The summed E-state index contributed by atoms with van der Waals surface area (Å²) in [7, 11) is -3.19. The summed E-state index contributed by atoms with van der Waals surface area (Å²) in [6.45, 7) is 0. The van der Waals surface area contributed by atoms with Crippen LogP contribution in [-0.2, 0) is 9.84 Å². The van der Waals surface area contributed by atoms with E-state index < -0.39 is 15.9 Å². The van der Waals surface area contributed by atoms with E-state index in [-0.39, 0.29) is 5.75 Å². The highest BCUT2D eigenvalue weighted by atomic mass is 35.5. The lowest BCUT2D eigenvalue weighted by molar-refractivity contribution is 0.229. The summed E-state index contributed by atoms with van der Waals surface area (Å²) in [5, 5.41) is 1.18. The van der Waals surface area contributed by atoms with E-state index in [4.69, 9.17) is 27.9 Å². The summed E-state index contributed by atoms with van der Waals surface area (Å²) in [4.78, 5) is 0. The topological polar surface area (TPSA) is 43.4 Å². The molecule has 0 fully saturated rings. The second-order valence-electron chi connectivity index (χ2n) is 4.70. The van der Waals surface area contributed by atoms with Gasteiger partial charge < -0.3 is 4.74 Å². The second-order valence-corrected chi connectivity index (χ2v) is 7.76.